The summed E-state index contributed by atoms with van der Waals surface area (Å²) in [4.78, 5) is 6.52. The van der Waals surface area contributed by atoms with Crippen molar-refractivity contribution in [2.45, 2.75) is 18.2 Å². The van der Waals surface area contributed by atoms with Crippen molar-refractivity contribution in [2.75, 3.05) is 18.0 Å². The molecule has 4 heteroatoms. The van der Waals surface area contributed by atoms with Crippen LogP contribution in [0.4, 0.5) is 5.82 Å². The van der Waals surface area contributed by atoms with Crippen molar-refractivity contribution in [2.24, 2.45) is 0 Å². The summed E-state index contributed by atoms with van der Waals surface area (Å²) in [5.41, 5.74) is 0. The molecular formula is C10H12Cl2N2. The molecule has 0 aromatic carbocycles. The molecule has 76 valence electrons. The van der Waals surface area contributed by atoms with Crippen LogP contribution in [0, 0.1) is 0 Å². The molecule has 0 atom stereocenters. The summed E-state index contributed by atoms with van der Waals surface area (Å²) in [7, 11) is 0. The number of nitrogens with zero attached hydrogens (tertiary/aromatic N) is 2. The van der Waals surface area contributed by atoms with Crippen molar-refractivity contribution in [3.63, 3.8) is 0 Å². The number of anilines is 1. The molecule has 0 unspecified atom stereocenters. The fourth-order valence-electron chi connectivity index (χ4n) is 1.63. The van der Waals surface area contributed by atoms with Crippen LogP contribution in [0.5, 0.6) is 0 Å². The van der Waals surface area contributed by atoms with Crippen molar-refractivity contribution in [1.82, 2.24) is 4.98 Å². The summed E-state index contributed by atoms with van der Waals surface area (Å²) in [6.07, 6.45) is 3.75. The van der Waals surface area contributed by atoms with E-state index in [9.17, 15) is 0 Å². The average molecular weight is 231 g/mol. The van der Waals surface area contributed by atoms with Crippen LogP contribution < -0.4 is 4.90 Å². The second kappa shape index (κ2) is 4.37. The fraction of sp³-hybridized carbons (Fsp3) is 0.500. The van der Waals surface area contributed by atoms with Gasteiger partial charge in [0.1, 0.15) is 5.82 Å². The predicted molar refractivity (Wildman–Crippen MR) is 60.3 cm³/mol. The molecule has 1 aromatic heterocycles. The number of hydrogen-bond acceptors (Lipinski definition) is 2. The third-order valence-corrected chi connectivity index (χ3v) is 3.12. The molecule has 1 aliphatic heterocycles. The Kier molecular flexibility index (Phi) is 3.14. The van der Waals surface area contributed by atoms with Crippen LogP contribution in [0.2, 0.25) is 5.02 Å². The van der Waals surface area contributed by atoms with Gasteiger partial charge in [-0.1, -0.05) is 11.6 Å². The number of hydrogen-bond donors (Lipinski definition) is 0. The van der Waals surface area contributed by atoms with Crippen LogP contribution in [-0.2, 0) is 0 Å². The molecule has 0 bridgehead atoms. The molecule has 2 nitrogen and oxygen atoms in total. The van der Waals surface area contributed by atoms with Gasteiger partial charge in [0.25, 0.3) is 0 Å². The van der Waals surface area contributed by atoms with Crippen LogP contribution in [-0.4, -0.2) is 23.5 Å². The number of piperidine rings is 1. The molecule has 2 heterocycles. The lowest BCUT2D eigenvalue weighted by Gasteiger charge is -2.30. The van der Waals surface area contributed by atoms with Crippen LogP contribution in [0.15, 0.2) is 18.3 Å². The number of pyridine rings is 1. The Labute approximate surface area is 93.8 Å². The molecule has 0 amide bonds. The number of rotatable bonds is 1. The van der Waals surface area contributed by atoms with E-state index in [1.165, 1.54) is 0 Å². The zero-order chi connectivity index (χ0) is 9.97. The second-order valence-electron chi connectivity index (χ2n) is 3.50. The molecule has 0 N–H and O–H groups in total. The number of alkyl halides is 1. The minimum atomic E-state index is 0.332. The van der Waals surface area contributed by atoms with E-state index in [1.807, 2.05) is 12.1 Å². The molecule has 2 rings (SSSR count). The van der Waals surface area contributed by atoms with Gasteiger partial charge in [-0.05, 0) is 25.0 Å². The highest BCUT2D eigenvalue weighted by Gasteiger charge is 2.17. The quantitative estimate of drug-likeness (QED) is 0.691. The van der Waals surface area contributed by atoms with E-state index < -0.39 is 0 Å². The van der Waals surface area contributed by atoms with Crippen molar-refractivity contribution in [3.8, 4) is 0 Å². The fourth-order valence-corrected chi connectivity index (χ4v) is 1.94. The summed E-state index contributed by atoms with van der Waals surface area (Å²) in [6.45, 7) is 1.98. The third-order valence-electron chi connectivity index (χ3n) is 2.46. The van der Waals surface area contributed by atoms with Gasteiger partial charge >= 0.3 is 0 Å². The monoisotopic (exact) mass is 230 g/mol. The maximum Gasteiger partial charge on any atom is 0.128 e. The van der Waals surface area contributed by atoms with E-state index in [-0.39, 0.29) is 0 Å². The Bertz CT molecular complexity index is 291. The average Bonchev–Trinajstić information content (AvgIpc) is 2.21. The standard InChI is InChI=1S/C10H12Cl2N2/c11-8-3-5-14(6-4-8)10-2-1-9(12)7-13-10/h1-2,7-8H,3-6H2. The van der Waals surface area contributed by atoms with Crippen molar-refractivity contribution in [3.05, 3.63) is 23.4 Å². The van der Waals surface area contributed by atoms with Crippen molar-refractivity contribution in [1.29, 1.82) is 0 Å². The zero-order valence-corrected chi connectivity index (χ0v) is 9.30. The highest BCUT2D eigenvalue weighted by atomic mass is 35.5. The molecule has 0 radical (unpaired) electrons. The molecule has 1 saturated heterocycles. The van der Waals surface area contributed by atoms with Crippen molar-refractivity contribution < 1.29 is 0 Å². The SMILES string of the molecule is Clc1ccc(N2CCC(Cl)CC2)nc1. The molecule has 14 heavy (non-hydrogen) atoms. The van der Waals surface area contributed by atoms with Gasteiger partial charge in [0.2, 0.25) is 0 Å². The largest absolute Gasteiger partial charge is 0.357 e. The first-order chi connectivity index (χ1) is 6.75. The summed E-state index contributed by atoms with van der Waals surface area (Å²) < 4.78 is 0. The van der Waals surface area contributed by atoms with Crippen molar-refractivity contribution >= 4 is 29.0 Å². The maximum absolute atomic E-state index is 6.03. The van der Waals surface area contributed by atoms with Gasteiger partial charge in [-0.25, -0.2) is 4.98 Å². The van der Waals surface area contributed by atoms with E-state index in [0.29, 0.717) is 10.4 Å². The summed E-state index contributed by atoms with van der Waals surface area (Å²) in [5.74, 6) is 0.998. The minimum absolute atomic E-state index is 0.332. The van der Waals surface area contributed by atoms with Gasteiger partial charge in [-0.2, -0.15) is 0 Å². The summed E-state index contributed by atoms with van der Waals surface area (Å²) in [5, 5.41) is 1.01. The van der Waals surface area contributed by atoms with E-state index >= 15 is 0 Å². The molecular weight excluding hydrogens is 219 g/mol. The molecule has 1 aromatic rings. The van der Waals surface area contributed by atoms with Crippen LogP contribution in [0.3, 0.4) is 0 Å². The van der Waals surface area contributed by atoms with Crippen LogP contribution >= 0.6 is 23.2 Å². The normalized spacial score (nSPS) is 18.6. The Balaban J connectivity index is 2.05. The van der Waals surface area contributed by atoms with Gasteiger partial charge < -0.3 is 4.90 Å². The Hall–Kier alpha value is -0.470. The Morgan fingerprint density at radius 3 is 2.57 bits per heavy atom. The number of aromatic nitrogens is 1. The van der Waals surface area contributed by atoms with Gasteiger partial charge in [-0.15, -0.1) is 11.6 Å². The first-order valence-electron chi connectivity index (χ1n) is 4.76. The minimum Gasteiger partial charge on any atom is -0.357 e. The second-order valence-corrected chi connectivity index (χ2v) is 4.55. The molecule has 1 fully saturated rings. The molecule has 0 spiro atoms. The first-order valence-corrected chi connectivity index (χ1v) is 5.58. The lowest BCUT2D eigenvalue weighted by Crippen LogP contribution is -2.34. The molecule has 1 aliphatic rings. The Morgan fingerprint density at radius 2 is 2.00 bits per heavy atom. The Morgan fingerprint density at radius 1 is 1.29 bits per heavy atom. The van der Waals surface area contributed by atoms with Gasteiger partial charge in [0, 0.05) is 24.7 Å². The smallest absolute Gasteiger partial charge is 0.128 e. The highest BCUT2D eigenvalue weighted by Crippen LogP contribution is 2.21. The number of halogens is 2. The summed E-state index contributed by atoms with van der Waals surface area (Å²) >= 11 is 11.8. The van der Waals surface area contributed by atoms with Crippen LogP contribution in [0.1, 0.15) is 12.8 Å². The maximum atomic E-state index is 6.03. The summed E-state index contributed by atoms with van der Waals surface area (Å²) in [6, 6.07) is 3.83. The van der Waals surface area contributed by atoms with E-state index in [2.05, 4.69) is 9.88 Å². The molecule has 0 saturated carbocycles. The van der Waals surface area contributed by atoms with Gasteiger partial charge in [-0.3, -0.25) is 0 Å². The van der Waals surface area contributed by atoms with Gasteiger partial charge in [0.15, 0.2) is 0 Å². The van der Waals surface area contributed by atoms with Gasteiger partial charge in [0.05, 0.1) is 5.02 Å². The first kappa shape index (κ1) is 10.1. The van der Waals surface area contributed by atoms with E-state index in [0.717, 1.165) is 31.7 Å². The van der Waals surface area contributed by atoms with Crippen LogP contribution in [0.25, 0.3) is 0 Å². The lowest BCUT2D eigenvalue weighted by atomic mass is 10.1. The topological polar surface area (TPSA) is 16.1 Å². The lowest BCUT2D eigenvalue weighted by molar-refractivity contribution is 0.580. The van der Waals surface area contributed by atoms with E-state index in [1.54, 1.807) is 6.20 Å². The van der Waals surface area contributed by atoms with E-state index in [4.69, 9.17) is 23.2 Å². The zero-order valence-electron chi connectivity index (χ0n) is 7.79. The third kappa shape index (κ3) is 2.31. The highest BCUT2D eigenvalue weighted by molar-refractivity contribution is 6.30. The predicted octanol–water partition coefficient (Wildman–Crippen LogP) is 2.94. The molecule has 0 aliphatic carbocycles.